The van der Waals surface area contributed by atoms with Crippen LogP contribution in [0.25, 0.3) is 0 Å². The lowest BCUT2D eigenvalue weighted by molar-refractivity contribution is -0.136. The average molecular weight is 398 g/mol. The normalized spacial score (nSPS) is 16.4. The van der Waals surface area contributed by atoms with Crippen LogP contribution in [0.1, 0.15) is 24.2 Å². The van der Waals surface area contributed by atoms with E-state index in [0.29, 0.717) is 12.2 Å². The van der Waals surface area contributed by atoms with Gasteiger partial charge in [0, 0.05) is 57.3 Å². The number of aryl methyl sites for hydroxylation is 2. The standard InChI is InChI=1S/C22H31N5O2/c1-4-17-8-5-6-9-18(17)24-22(29)21(28)23-16-20(19-10-7-11-26(19)3)27-14-12-25(2)13-15-27/h5-11,20H,4,12-16H2,1-3H3,(H,23,28)(H,24,29). The number of rotatable bonds is 6. The second-order valence-electron chi connectivity index (χ2n) is 7.57. The molecule has 1 aliphatic heterocycles. The lowest BCUT2D eigenvalue weighted by atomic mass is 10.1. The lowest BCUT2D eigenvalue weighted by Gasteiger charge is -2.38. The van der Waals surface area contributed by atoms with Crippen molar-refractivity contribution in [2.24, 2.45) is 7.05 Å². The Hall–Kier alpha value is -2.64. The predicted octanol–water partition coefficient (Wildman–Crippen LogP) is 1.63. The molecule has 1 fully saturated rings. The lowest BCUT2D eigenvalue weighted by Crippen LogP contribution is -2.49. The molecule has 29 heavy (non-hydrogen) atoms. The van der Waals surface area contributed by atoms with Crippen LogP contribution in [0.2, 0.25) is 0 Å². The van der Waals surface area contributed by atoms with Gasteiger partial charge in [0.05, 0.1) is 6.04 Å². The first-order chi connectivity index (χ1) is 14.0. The van der Waals surface area contributed by atoms with Gasteiger partial charge in [0.25, 0.3) is 0 Å². The van der Waals surface area contributed by atoms with Crippen LogP contribution < -0.4 is 10.6 Å². The van der Waals surface area contributed by atoms with E-state index in [9.17, 15) is 9.59 Å². The number of benzene rings is 1. The highest BCUT2D eigenvalue weighted by atomic mass is 16.2. The number of nitrogens with one attached hydrogen (secondary N) is 2. The van der Waals surface area contributed by atoms with E-state index in [1.165, 1.54) is 0 Å². The van der Waals surface area contributed by atoms with Crippen LogP contribution in [0, 0.1) is 0 Å². The number of piperazine rings is 1. The van der Waals surface area contributed by atoms with Crippen LogP contribution in [-0.2, 0) is 23.1 Å². The van der Waals surface area contributed by atoms with E-state index in [-0.39, 0.29) is 6.04 Å². The summed E-state index contributed by atoms with van der Waals surface area (Å²) in [4.78, 5) is 29.6. The third-order valence-corrected chi connectivity index (χ3v) is 5.61. The average Bonchev–Trinajstić information content (AvgIpc) is 3.15. The predicted molar refractivity (Wildman–Crippen MR) is 115 cm³/mol. The van der Waals surface area contributed by atoms with Gasteiger partial charge in [-0.2, -0.15) is 0 Å². The largest absolute Gasteiger partial charge is 0.353 e. The summed E-state index contributed by atoms with van der Waals surface area (Å²) in [5.74, 6) is -1.24. The molecule has 0 aliphatic carbocycles. The summed E-state index contributed by atoms with van der Waals surface area (Å²) in [6.07, 6.45) is 2.80. The van der Waals surface area contributed by atoms with Crippen molar-refractivity contribution in [1.29, 1.82) is 0 Å². The molecule has 0 bridgehead atoms. The number of para-hydroxylation sites is 1. The fourth-order valence-electron chi connectivity index (χ4n) is 3.77. The molecule has 1 saturated heterocycles. The molecule has 0 saturated carbocycles. The summed E-state index contributed by atoms with van der Waals surface area (Å²) in [6.45, 7) is 6.25. The van der Waals surface area contributed by atoms with E-state index in [4.69, 9.17) is 0 Å². The van der Waals surface area contributed by atoms with Crippen molar-refractivity contribution in [2.45, 2.75) is 19.4 Å². The highest BCUT2D eigenvalue weighted by Crippen LogP contribution is 2.22. The number of nitrogens with zero attached hydrogens (tertiary/aromatic N) is 3. The van der Waals surface area contributed by atoms with Crippen molar-refractivity contribution in [1.82, 2.24) is 19.7 Å². The van der Waals surface area contributed by atoms with E-state index >= 15 is 0 Å². The third-order valence-electron chi connectivity index (χ3n) is 5.61. The maximum Gasteiger partial charge on any atom is 0.313 e. The SMILES string of the molecule is CCc1ccccc1NC(=O)C(=O)NCC(c1cccn1C)N1CCN(C)CC1. The van der Waals surface area contributed by atoms with Crippen molar-refractivity contribution >= 4 is 17.5 Å². The van der Waals surface area contributed by atoms with Crippen LogP contribution >= 0.6 is 0 Å². The molecule has 2 N–H and O–H groups in total. The van der Waals surface area contributed by atoms with Crippen LogP contribution in [0.15, 0.2) is 42.6 Å². The second kappa shape index (κ2) is 9.71. The maximum atomic E-state index is 12.5. The minimum Gasteiger partial charge on any atom is -0.353 e. The number of likely N-dealkylation sites (N-methyl/N-ethyl adjacent to an activating group) is 1. The quantitative estimate of drug-likeness (QED) is 0.727. The zero-order valence-electron chi connectivity index (χ0n) is 17.5. The Kier molecular flexibility index (Phi) is 7.06. The van der Waals surface area contributed by atoms with Crippen LogP contribution in [0.3, 0.4) is 0 Å². The minimum atomic E-state index is -0.630. The Bertz CT molecular complexity index is 839. The molecule has 2 amide bonds. The number of amides is 2. The van der Waals surface area contributed by atoms with Gasteiger partial charge in [-0.3, -0.25) is 14.5 Å². The maximum absolute atomic E-state index is 12.5. The molecular weight excluding hydrogens is 366 g/mol. The summed E-state index contributed by atoms with van der Waals surface area (Å²) in [6, 6.07) is 11.7. The number of anilines is 1. The van der Waals surface area contributed by atoms with Gasteiger partial charge in [-0.15, -0.1) is 0 Å². The van der Waals surface area contributed by atoms with Crippen molar-refractivity contribution in [3.05, 3.63) is 53.9 Å². The molecule has 1 unspecified atom stereocenters. The fraction of sp³-hybridized carbons (Fsp3) is 0.455. The van der Waals surface area contributed by atoms with Gasteiger partial charge in [-0.1, -0.05) is 25.1 Å². The molecule has 0 radical (unpaired) electrons. The van der Waals surface area contributed by atoms with E-state index in [1.807, 2.05) is 50.5 Å². The smallest absolute Gasteiger partial charge is 0.313 e. The first-order valence-corrected chi connectivity index (χ1v) is 10.2. The Morgan fingerprint density at radius 3 is 2.38 bits per heavy atom. The zero-order chi connectivity index (χ0) is 20.8. The summed E-state index contributed by atoms with van der Waals surface area (Å²) < 4.78 is 2.08. The number of hydrogen-bond acceptors (Lipinski definition) is 4. The van der Waals surface area contributed by atoms with Gasteiger partial charge in [-0.05, 0) is 37.2 Å². The summed E-state index contributed by atoms with van der Waals surface area (Å²) >= 11 is 0. The molecule has 1 aromatic heterocycles. The Balaban J connectivity index is 1.64. The molecule has 2 aromatic rings. The van der Waals surface area contributed by atoms with Gasteiger partial charge < -0.3 is 20.1 Å². The van der Waals surface area contributed by atoms with E-state index < -0.39 is 11.8 Å². The van der Waals surface area contributed by atoms with Gasteiger partial charge in [0.15, 0.2) is 0 Å². The van der Waals surface area contributed by atoms with Gasteiger partial charge in [0.2, 0.25) is 0 Å². The van der Waals surface area contributed by atoms with Crippen molar-refractivity contribution in [3.63, 3.8) is 0 Å². The molecule has 1 atom stereocenters. The molecule has 7 heteroatoms. The number of carbonyl (C=O) groups excluding carboxylic acids is 2. The Morgan fingerprint density at radius 1 is 1.00 bits per heavy atom. The van der Waals surface area contributed by atoms with Crippen LogP contribution in [0.5, 0.6) is 0 Å². The molecule has 1 aromatic carbocycles. The molecule has 0 spiro atoms. The van der Waals surface area contributed by atoms with E-state index in [1.54, 1.807) is 0 Å². The third kappa shape index (κ3) is 5.25. The van der Waals surface area contributed by atoms with Gasteiger partial charge >= 0.3 is 11.8 Å². The van der Waals surface area contributed by atoms with E-state index in [2.05, 4.69) is 38.1 Å². The number of carbonyl (C=O) groups is 2. The molecule has 3 rings (SSSR count). The first-order valence-electron chi connectivity index (χ1n) is 10.2. The van der Waals surface area contributed by atoms with E-state index in [0.717, 1.165) is 43.9 Å². The number of aromatic nitrogens is 1. The zero-order valence-corrected chi connectivity index (χ0v) is 17.5. The highest BCUT2D eigenvalue weighted by Gasteiger charge is 2.27. The Labute approximate surface area is 172 Å². The van der Waals surface area contributed by atoms with Crippen LogP contribution in [-0.4, -0.2) is 66.0 Å². The summed E-state index contributed by atoms with van der Waals surface area (Å²) in [5, 5.41) is 5.58. The molecule has 1 aliphatic rings. The van der Waals surface area contributed by atoms with Crippen molar-refractivity contribution in [3.8, 4) is 0 Å². The molecule has 7 nitrogen and oxygen atoms in total. The second-order valence-corrected chi connectivity index (χ2v) is 7.57. The fourth-order valence-corrected chi connectivity index (χ4v) is 3.77. The molecular formula is C22H31N5O2. The Morgan fingerprint density at radius 2 is 1.72 bits per heavy atom. The minimum absolute atomic E-state index is 0.0309. The topological polar surface area (TPSA) is 69.6 Å². The highest BCUT2D eigenvalue weighted by molar-refractivity contribution is 6.39. The molecule has 2 heterocycles. The monoisotopic (exact) mass is 397 g/mol. The summed E-state index contributed by atoms with van der Waals surface area (Å²) in [5.41, 5.74) is 2.83. The van der Waals surface area contributed by atoms with Crippen molar-refractivity contribution < 1.29 is 9.59 Å². The number of hydrogen-bond donors (Lipinski definition) is 2. The first kappa shape index (κ1) is 21.1. The van der Waals surface area contributed by atoms with Gasteiger partial charge in [0.1, 0.15) is 0 Å². The summed E-state index contributed by atoms with van der Waals surface area (Å²) in [7, 11) is 4.13. The van der Waals surface area contributed by atoms with Gasteiger partial charge in [-0.25, -0.2) is 0 Å². The van der Waals surface area contributed by atoms with Crippen LogP contribution in [0.4, 0.5) is 5.69 Å². The van der Waals surface area contributed by atoms with Crippen molar-refractivity contribution in [2.75, 3.05) is 45.1 Å². The molecule has 156 valence electrons.